The lowest BCUT2D eigenvalue weighted by molar-refractivity contribution is 1.09. The number of allylic oxidation sites excluding steroid dienone is 3. The molecule has 3 aromatic heterocycles. The van der Waals surface area contributed by atoms with E-state index in [2.05, 4.69) is 154 Å². The Morgan fingerprint density at radius 3 is 1.90 bits per heavy atom. The van der Waals surface area contributed by atoms with Crippen molar-refractivity contribution in [1.82, 2.24) is 18.7 Å². The molecule has 0 saturated heterocycles. The molecule has 0 saturated carbocycles. The fourth-order valence-corrected chi connectivity index (χ4v) is 7.15. The molecule has 0 aliphatic heterocycles. The van der Waals surface area contributed by atoms with Crippen LogP contribution in [0, 0.1) is 5.41 Å². The lowest BCUT2D eigenvalue weighted by Gasteiger charge is -2.13. The quantitative estimate of drug-likeness (QED) is 0.138. The third-order valence-corrected chi connectivity index (χ3v) is 9.23. The first-order valence-corrected chi connectivity index (χ1v) is 16.4. The average molecular weight is 630 g/mol. The van der Waals surface area contributed by atoms with Gasteiger partial charge in [0.25, 0.3) is 0 Å². The Kier molecular flexibility index (Phi) is 6.69. The van der Waals surface area contributed by atoms with Gasteiger partial charge < -0.3 is 9.98 Å². The van der Waals surface area contributed by atoms with Crippen LogP contribution in [0.3, 0.4) is 0 Å². The maximum Gasteiger partial charge on any atom is 0.165 e. The van der Waals surface area contributed by atoms with Crippen LogP contribution < -0.4 is 0 Å². The number of nitrogens with one attached hydrogen (secondary N) is 1. The molecule has 6 aromatic carbocycles. The topological polar surface area (TPSA) is 51.5 Å². The highest BCUT2D eigenvalue weighted by atomic mass is 15.2. The van der Waals surface area contributed by atoms with Crippen molar-refractivity contribution < 1.29 is 0 Å². The molecule has 0 unspecified atom stereocenters. The first kappa shape index (κ1) is 28.5. The number of fused-ring (bicyclic) bond motifs is 7. The minimum Gasteiger partial charge on any atom is -0.307 e. The second-order valence-electron chi connectivity index (χ2n) is 12.1. The predicted molar refractivity (Wildman–Crippen MR) is 204 cm³/mol. The van der Waals surface area contributed by atoms with Crippen LogP contribution in [0.2, 0.25) is 0 Å². The Labute approximate surface area is 283 Å². The lowest BCUT2D eigenvalue weighted by Crippen LogP contribution is -2.01. The van der Waals surface area contributed by atoms with Gasteiger partial charge in [0.05, 0.1) is 22.3 Å². The van der Waals surface area contributed by atoms with E-state index in [4.69, 9.17) is 10.4 Å². The Morgan fingerprint density at radius 2 is 1.16 bits per heavy atom. The molecule has 0 atom stereocenters. The molecule has 3 heterocycles. The number of hydrogen-bond acceptors (Lipinski definition) is 2. The summed E-state index contributed by atoms with van der Waals surface area (Å²) in [6.45, 7) is 3.78. The van der Waals surface area contributed by atoms with Crippen molar-refractivity contribution in [1.29, 1.82) is 5.41 Å². The Morgan fingerprint density at radius 1 is 0.551 bits per heavy atom. The van der Waals surface area contributed by atoms with Crippen LogP contribution in [0.5, 0.6) is 0 Å². The van der Waals surface area contributed by atoms with Crippen molar-refractivity contribution in [3.8, 4) is 28.5 Å². The summed E-state index contributed by atoms with van der Waals surface area (Å²) >= 11 is 0. The number of hydrogen-bond donors (Lipinski definition) is 1. The Bertz CT molecular complexity index is 2730. The number of rotatable bonds is 7. The summed E-state index contributed by atoms with van der Waals surface area (Å²) in [4.78, 5) is 5.47. The molecule has 5 heteroatoms. The molecule has 9 rings (SSSR count). The first-order valence-electron chi connectivity index (χ1n) is 16.4. The van der Waals surface area contributed by atoms with Gasteiger partial charge in [0.15, 0.2) is 5.65 Å². The fourth-order valence-electron chi connectivity index (χ4n) is 7.15. The summed E-state index contributed by atoms with van der Waals surface area (Å²) in [5.41, 5.74) is 10.6. The molecule has 0 amide bonds. The smallest absolute Gasteiger partial charge is 0.165 e. The second-order valence-corrected chi connectivity index (χ2v) is 12.1. The van der Waals surface area contributed by atoms with Gasteiger partial charge in [-0.2, -0.15) is 0 Å². The minimum absolute atomic E-state index is 0.431. The van der Waals surface area contributed by atoms with Crippen LogP contribution in [-0.2, 0) is 0 Å². The highest BCUT2D eigenvalue weighted by molar-refractivity contribution is 6.23. The Hall–Kier alpha value is -6.72. The van der Waals surface area contributed by atoms with Crippen molar-refractivity contribution >= 4 is 49.6 Å². The van der Waals surface area contributed by atoms with E-state index >= 15 is 0 Å². The number of nitrogens with zero attached hydrogens (tertiary/aromatic N) is 4. The predicted octanol–water partition coefficient (Wildman–Crippen LogP) is 10.8. The van der Waals surface area contributed by atoms with E-state index in [0.29, 0.717) is 5.71 Å². The van der Waals surface area contributed by atoms with Crippen molar-refractivity contribution in [2.24, 2.45) is 0 Å². The highest BCUT2D eigenvalue weighted by Crippen LogP contribution is 2.43. The first-order chi connectivity index (χ1) is 24.2. The molecule has 49 heavy (non-hydrogen) atoms. The third kappa shape index (κ3) is 4.48. The van der Waals surface area contributed by atoms with E-state index in [-0.39, 0.29) is 0 Å². The zero-order valence-electron chi connectivity index (χ0n) is 26.7. The molecule has 1 N–H and O–H groups in total. The second kappa shape index (κ2) is 11.5. The van der Waals surface area contributed by atoms with Crippen LogP contribution in [0.25, 0.3) is 72.3 Å². The standard InChI is InChI=1S/C44H31N5/c1-2-3-25-38(45)31-18-15-23-34(29-31)47-39-26-14-13-24-35(39)36-27-28-37-41(40(36)47)48(32-19-9-5-10-20-32)44-42(37)49(33-21-11-6-12-22-33)43(46-44)30-16-7-4-8-17-30/h2-29,45H,1H2/b25-3-,45-38?. The minimum atomic E-state index is 0.431. The van der Waals surface area contributed by atoms with Gasteiger partial charge in [-0.3, -0.25) is 9.13 Å². The molecule has 0 aliphatic carbocycles. The van der Waals surface area contributed by atoms with Gasteiger partial charge in [0.1, 0.15) is 11.3 Å². The summed E-state index contributed by atoms with van der Waals surface area (Å²) in [7, 11) is 0. The molecule has 0 fully saturated rings. The zero-order valence-corrected chi connectivity index (χ0v) is 26.7. The number of benzene rings is 6. The van der Waals surface area contributed by atoms with Crippen LogP contribution in [0.1, 0.15) is 5.56 Å². The van der Waals surface area contributed by atoms with Crippen molar-refractivity contribution in [2.75, 3.05) is 0 Å². The van der Waals surface area contributed by atoms with Crippen LogP contribution >= 0.6 is 0 Å². The van der Waals surface area contributed by atoms with Crippen LogP contribution in [0.15, 0.2) is 176 Å². The number of para-hydroxylation sites is 3. The van der Waals surface area contributed by atoms with Crippen LogP contribution in [0.4, 0.5) is 0 Å². The summed E-state index contributed by atoms with van der Waals surface area (Å²) in [5.74, 6) is 0.891. The van der Waals surface area contributed by atoms with Crippen molar-refractivity contribution in [3.63, 3.8) is 0 Å². The lowest BCUT2D eigenvalue weighted by atomic mass is 10.1. The largest absolute Gasteiger partial charge is 0.307 e. The van der Waals surface area contributed by atoms with Gasteiger partial charge in [-0.05, 0) is 54.6 Å². The molecule has 232 valence electrons. The normalized spacial score (nSPS) is 11.8. The van der Waals surface area contributed by atoms with E-state index in [1.807, 2.05) is 18.2 Å². The Balaban J connectivity index is 1.48. The van der Waals surface area contributed by atoms with E-state index in [1.54, 1.807) is 18.2 Å². The molecule has 5 nitrogen and oxygen atoms in total. The maximum absolute atomic E-state index is 8.75. The van der Waals surface area contributed by atoms with E-state index < -0.39 is 0 Å². The monoisotopic (exact) mass is 629 g/mol. The van der Waals surface area contributed by atoms with E-state index in [9.17, 15) is 0 Å². The highest BCUT2D eigenvalue weighted by Gasteiger charge is 2.26. The van der Waals surface area contributed by atoms with Gasteiger partial charge >= 0.3 is 0 Å². The molecule has 0 spiro atoms. The molecule has 0 aliphatic rings. The summed E-state index contributed by atoms with van der Waals surface area (Å²) < 4.78 is 6.98. The summed E-state index contributed by atoms with van der Waals surface area (Å²) in [5, 5.41) is 12.2. The molecule has 9 aromatic rings. The zero-order chi connectivity index (χ0) is 32.9. The average Bonchev–Trinajstić information content (AvgIpc) is 3.82. The fraction of sp³-hybridized carbons (Fsp3) is 0. The van der Waals surface area contributed by atoms with Gasteiger partial charge in [0.2, 0.25) is 0 Å². The van der Waals surface area contributed by atoms with Gasteiger partial charge in [0, 0.05) is 44.3 Å². The molecular weight excluding hydrogens is 599 g/mol. The van der Waals surface area contributed by atoms with Gasteiger partial charge in [-0.1, -0.05) is 122 Å². The molecule has 0 bridgehead atoms. The third-order valence-electron chi connectivity index (χ3n) is 9.23. The van der Waals surface area contributed by atoms with Crippen LogP contribution in [-0.4, -0.2) is 24.4 Å². The van der Waals surface area contributed by atoms with Gasteiger partial charge in [-0.15, -0.1) is 0 Å². The van der Waals surface area contributed by atoms with Gasteiger partial charge in [-0.25, -0.2) is 4.98 Å². The van der Waals surface area contributed by atoms with E-state index in [0.717, 1.165) is 72.5 Å². The number of aromatic nitrogens is 4. The van der Waals surface area contributed by atoms with Crippen molar-refractivity contribution in [2.45, 2.75) is 0 Å². The molecular formula is C44H31N5. The van der Waals surface area contributed by atoms with E-state index in [1.165, 1.54) is 5.39 Å². The van der Waals surface area contributed by atoms with Crippen molar-refractivity contribution in [3.05, 3.63) is 182 Å². The summed E-state index contributed by atoms with van der Waals surface area (Å²) in [6, 6.07) is 52.8. The summed E-state index contributed by atoms with van der Waals surface area (Å²) in [6.07, 6.45) is 5.28. The maximum atomic E-state index is 8.75. The SMILES string of the molecule is C=C/C=C\C(=N)c1cccc(-n2c3ccccc3c3ccc4c5c(nc(-c6ccccc6)n5-c5ccccc5)n(-c5ccccc5)c4c32)c1. The molecule has 0 radical (unpaired) electrons. The number of imidazole rings is 1.